The van der Waals surface area contributed by atoms with Crippen LogP contribution in [0.25, 0.3) is 0 Å². The molecule has 1 aliphatic heterocycles. The maximum absolute atomic E-state index is 12.0. The van der Waals surface area contributed by atoms with E-state index >= 15 is 0 Å². The van der Waals surface area contributed by atoms with E-state index in [-0.39, 0.29) is 11.9 Å². The van der Waals surface area contributed by atoms with Crippen LogP contribution in [0.5, 0.6) is 0 Å². The fourth-order valence-corrected chi connectivity index (χ4v) is 2.52. The number of carbonyl (C=O) groups is 1. The van der Waals surface area contributed by atoms with Crippen LogP contribution < -0.4 is 5.73 Å². The zero-order chi connectivity index (χ0) is 12.0. The molecule has 0 aromatic heterocycles. The van der Waals surface area contributed by atoms with Gasteiger partial charge in [-0.3, -0.25) is 4.79 Å². The van der Waals surface area contributed by atoms with Gasteiger partial charge in [-0.25, -0.2) is 0 Å². The predicted molar refractivity (Wildman–Crippen MR) is 67.1 cm³/mol. The minimum atomic E-state index is -0.271. The highest BCUT2D eigenvalue weighted by Gasteiger charge is 2.25. The van der Waals surface area contributed by atoms with Gasteiger partial charge in [0.15, 0.2) is 0 Å². The van der Waals surface area contributed by atoms with Gasteiger partial charge >= 0.3 is 0 Å². The van der Waals surface area contributed by atoms with Crippen LogP contribution in [0.3, 0.4) is 0 Å². The van der Waals surface area contributed by atoms with Crippen LogP contribution in [0.2, 0.25) is 0 Å². The third kappa shape index (κ3) is 3.78. The molecule has 0 radical (unpaired) electrons. The molecule has 0 saturated carbocycles. The van der Waals surface area contributed by atoms with Gasteiger partial charge in [0, 0.05) is 13.1 Å². The van der Waals surface area contributed by atoms with E-state index in [0.29, 0.717) is 0 Å². The van der Waals surface area contributed by atoms with Gasteiger partial charge in [-0.2, -0.15) is 0 Å². The molecule has 1 rings (SSSR count). The van der Waals surface area contributed by atoms with E-state index in [1.807, 2.05) is 4.90 Å². The van der Waals surface area contributed by atoms with E-state index < -0.39 is 0 Å². The van der Waals surface area contributed by atoms with Crippen LogP contribution in [0.4, 0.5) is 0 Å². The van der Waals surface area contributed by atoms with Gasteiger partial charge in [-0.1, -0.05) is 33.1 Å². The molecule has 0 aliphatic carbocycles. The molecule has 3 heteroatoms. The van der Waals surface area contributed by atoms with Crippen LogP contribution in [0.1, 0.15) is 52.4 Å². The largest absolute Gasteiger partial charge is 0.341 e. The lowest BCUT2D eigenvalue weighted by molar-refractivity contribution is -0.134. The smallest absolute Gasteiger partial charge is 0.239 e. The Balaban J connectivity index is 2.32. The molecule has 1 aliphatic rings. The average Bonchev–Trinajstić information content (AvgIpc) is 2.30. The SMILES string of the molecule is CCCC1CCN(C(=O)[C@@H](N)CCC)CC1. The third-order valence-electron chi connectivity index (χ3n) is 3.54. The highest BCUT2D eigenvalue weighted by Crippen LogP contribution is 2.22. The molecule has 0 spiro atoms. The molecule has 16 heavy (non-hydrogen) atoms. The summed E-state index contributed by atoms with van der Waals surface area (Å²) >= 11 is 0. The van der Waals surface area contributed by atoms with Crippen LogP contribution >= 0.6 is 0 Å². The Morgan fingerprint density at radius 1 is 1.31 bits per heavy atom. The summed E-state index contributed by atoms with van der Waals surface area (Å²) in [4.78, 5) is 13.9. The lowest BCUT2D eigenvalue weighted by atomic mass is 9.92. The number of hydrogen-bond acceptors (Lipinski definition) is 2. The Morgan fingerprint density at radius 3 is 2.44 bits per heavy atom. The van der Waals surface area contributed by atoms with Crippen LogP contribution in [0.15, 0.2) is 0 Å². The first-order chi connectivity index (χ1) is 7.69. The standard InChI is InChI=1S/C13H26N2O/c1-3-5-11-7-9-15(10-8-11)13(16)12(14)6-4-2/h11-12H,3-10,14H2,1-2H3/t12-/m0/s1. The van der Waals surface area contributed by atoms with Gasteiger partial charge in [-0.05, 0) is 25.2 Å². The summed E-state index contributed by atoms with van der Waals surface area (Å²) in [6, 6.07) is -0.271. The molecule has 0 aromatic rings. The number of rotatable bonds is 5. The predicted octanol–water partition coefficient (Wildman–Crippen LogP) is 2.15. The summed E-state index contributed by atoms with van der Waals surface area (Å²) in [5.74, 6) is 0.994. The number of nitrogens with two attached hydrogens (primary N) is 1. The van der Waals surface area contributed by atoms with Gasteiger partial charge in [0.1, 0.15) is 0 Å². The third-order valence-corrected chi connectivity index (χ3v) is 3.54. The molecule has 1 fully saturated rings. The molecule has 0 bridgehead atoms. The average molecular weight is 226 g/mol. The first-order valence-corrected chi connectivity index (χ1v) is 6.73. The van der Waals surface area contributed by atoms with Crippen molar-refractivity contribution >= 4 is 5.91 Å². The number of hydrogen-bond donors (Lipinski definition) is 1. The molecule has 1 atom stereocenters. The molecule has 1 amide bonds. The maximum atomic E-state index is 12.0. The molecular formula is C13H26N2O. The minimum absolute atomic E-state index is 0.164. The van der Waals surface area contributed by atoms with Crippen molar-refractivity contribution in [1.29, 1.82) is 0 Å². The first-order valence-electron chi connectivity index (χ1n) is 6.73. The lowest BCUT2D eigenvalue weighted by Gasteiger charge is -2.33. The quantitative estimate of drug-likeness (QED) is 0.781. The van der Waals surface area contributed by atoms with Crippen molar-refractivity contribution in [2.24, 2.45) is 11.7 Å². The zero-order valence-electron chi connectivity index (χ0n) is 10.7. The van der Waals surface area contributed by atoms with Crippen molar-refractivity contribution < 1.29 is 4.79 Å². The van der Waals surface area contributed by atoms with Crippen molar-refractivity contribution in [2.75, 3.05) is 13.1 Å². The minimum Gasteiger partial charge on any atom is -0.341 e. The Labute approximate surface area is 99.4 Å². The van der Waals surface area contributed by atoms with Crippen LogP contribution in [-0.2, 0) is 4.79 Å². The lowest BCUT2D eigenvalue weighted by Crippen LogP contribution is -2.47. The normalized spacial score (nSPS) is 19.8. The summed E-state index contributed by atoms with van der Waals surface area (Å²) in [7, 11) is 0. The summed E-state index contributed by atoms with van der Waals surface area (Å²) in [5, 5.41) is 0. The summed E-state index contributed by atoms with van der Waals surface area (Å²) < 4.78 is 0. The van der Waals surface area contributed by atoms with Crippen LogP contribution in [0, 0.1) is 5.92 Å². The summed E-state index contributed by atoms with van der Waals surface area (Å²) in [6.07, 6.45) is 6.70. The molecule has 2 N–H and O–H groups in total. The van der Waals surface area contributed by atoms with Gasteiger partial charge < -0.3 is 10.6 Å². The number of amides is 1. The number of carbonyl (C=O) groups excluding carboxylic acids is 1. The Bertz CT molecular complexity index is 210. The zero-order valence-corrected chi connectivity index (χ0v) is 10.7. The topological polar surface area (TPSA) is 46.3 Å². The van der Waals surface area contributed by atoms with Crippen molar-refractivity contribution in [3.63, 3.8) is 0 Å². The van der Waals surface area contributed by atoms with Crippen molar-refractivity contribution in [2.45, 2.75) is 58.4 Å². The van der Waals surface area contributed by atoms with E-state index in [2.05, 4.69) is 13.8 Å². The summed E-state index contributed by atoms with van der Waals surface area (Å²) in [6.45, 7) is 6.14. The fourth-order valence-electron chi connectivity index (χ4n) is 2.52. The Hall–Kier alpha value is -0.570. The second-order valence-electron chi connectivity index (χ2n) is 4.95. The van der Waals surface area contributed by atoms with E-state index in [0.717, 1.165) is 31.8 Å². The van der Waals surface area contributed by atoms with Crippen molar-refractivity contribution in [3.8, 4) is 0 Å². The van der Waals surface area contributed by atoms with Gasteiger partial charge in [-0.15, -0.1) is 0 Å². The van der Waals surface area contributed by atoms with Crippen LogP contribution in [-0.4, -0.2) is 29.9 Å². The molecule has 1 heterocycles. The van der Waals surface area contributed by atoms with Crippen molar-refractivity contribution in [1.82, 2.24) is 4.90 Å². The maximum Gasteiger partial charge on any atom is 0.239 e. The monoisotopic (exact) mass is 226 g/mol. The first kappa shape index (κ1) is 13.5. The Kier molecular flexibility index (Phi) is 5.81. The van der Waals surface area contributed by atoms with Gasteiger partial charge in [0.25, 0.3) is 0 Å². The van der Waals surface area contributed by atoms with E-state index in [9.17, 15) is 4.79 Å². The molecule has 1 saturated heterocycles. The molecule has 0 aromatic carbocycles. The second-order valence-corrected chi connectivity index (χ2v) is 4.95. The molecular weight excluding hydrogens is 200 g/mol. The van der Waals surface area contributed by atoms with Crippen molar-refractivity contribution in [3.05, 3.63) is 0 Å². The highest BCUT2D eigenvalue weighted by atomic mass is 16.2. The molecule has 94 valence electrons. The molecule has 0 unspecified atom stereocenters. The highest BCUT2D eigenvalue weighted by molar-refractivity contribution is 5.81. The number of piperidine rings is 1. The fraction of sp³-hybridized carbons (Fsp3) is 0.923. The Morgan fingerprint density at radius 2 is 1.94 bits per heavy atom. The molecule has 3 nitrogen and oxygen atoms in total. The number of likely N-dealkylation sites (tertiary alicyclic amines) is 1. The van der Waals surface area contributed by atoms with E-state index in [1.54, 1.807) is 0 Å². The van der Waals surface area contributed by atoms with E-state index in [4.69, 9.17) is 5.73 Å². The van der Waals surface area contributed by atoms with E-state index in [1.165, 1.54) is 25.7 Å². The summed E-state index contributed by atoms with van der Waals surface area (Å²) in [5.41, 5.74) is 5.86. The van der Waals surface area contributed by atoms with Gasteiger partial charge in [0.05, 0.1) is 6.04 Å². The van der Waals surface area contributed by atoms with Gasteiger partial charge in [0.2, 0.25) is 5.91 Å². The number of nitrogens with zero attached hydrogens (tertiary/aromatic N) is 1. The second kappa shape index (κ2) is 6.89.